The fourth-order valence-corrected chi connectivity index (χ4v) is 2.62. The van der Waals surface area contributed by atoms with Gasteiger partial charge in [-0.05, 0) is 23.9 Å². The first-order chi connectivity index (χ1) is 9.65. The molecular formula is C15H12N2O2S. The van der Waals surface area contributed by atoms with Gasteiger partial charge in [0.25, 0.3) is 5.56 Å². The van der Waals surface area contributed by atoms with Gasteiger partial charge in [-0.2, -0.15) is 16.3 Å². The molecule has 0 fully saturated rings. The van der Waals surface area contributed by atoms with Crippen molar-refractivity contribution in [2.75, 3.05) is 0 Å². The largest absolute Gasteiger partial charge is 0.493 e. The minimum absolute atomic E-state index is 0.198. The Morgan fingerprint density at radius 1 is 1.15 bits per heavy atom. The van der Waals surface area contributed by atoms with Crippen LogP contribution in [0.4, 0.5) is 0 Å². The van der Waals surface area contributed by atoms with Gasteiger partial charge in [-0.1, -0.05) is 29.8 Å². The third-order valence-electron chi connectivity index (χ3n) is 3.04. The highest BCUT2D eigenvalue weighted by molar-refractivity contribution is 7.08. The average molecular weight is 284 g/mol. The lowest BCUT2D eigenvalue weighted by Gasteiger charge is -2.05. The second-order valence-corrected chi connectivity index (χ2v) is 5.27. The van der Waals surface area contributed by atoms with E-state index in [0.29, 0.717) is 11.4 Å². The molecule has 0 atom stereocenters. The van der Waals surface area contributed by atoms with E-state index in [9.17, 15) is 9.90 Å². The Morgan fingerprint density at radius 2 is 1.90 bits per heavy atom. The summed E-state index contributed by atoms with van der Waals surface area (Å²) in [7, 11) is 0. The molecule has 1 aromatic carbocycles. The molecule has 0 radical (unpaired) electrons. The van der Waals surface area contributed by atoms with Crippen LogP contribution in [-0.2, 0) is 0 Å². The van der Waals surface area contributed by atoms with Crippen molar-refractivity contribution in [1.29, 1.82) is 0 Å². The molecule has 4 nitrogen and oxygen atoms in total. The van der Waals surface area contributed by atoms with E-state index in [1.165, 1.54) is 11.3 Å². The first-order valence-corrected chi connectivity index (χ1v) is 7.02. The van der Waals surface area contributed by atoms with Gasteiger partial charge < -0.3 is 10.1 Å². The molecule has 20 heavy (non-hydrogen) atoms. The summed E-state index contributed by atoms with van der Waals surface area (Å²) in [6.45, 7) is 1.96. The van der Waals surface area contributed by atoms with Gasteiger partial charge in [-0.3, -0.25) is 4.79 Å². The number of aryl methyl sites for hydroxylation is 1. The smallest absolute Gasteiger partial charge is 0.262 e. The zero-order valence-corrected chi connectivity index (χ0v) is 11.6. The number of aromatic amines is 1. The first-order valence-electron chi connectivity index (χ1n) is 6.08. The zero-order valence-electron chi connectivity index (χ0n) is 10.8. The lowest BCUT2D eigenvalue weighted by atomic mass is 10.1. The van der Waals surface area contributed by atoms with Crippen LogP contribution in [0.2, 0.25) is 0 Å². The molecule has 2 heterocycles. The molecule has 2 N–H and O–H groups in total. The molecule has 0 saturated carbocycles. The van der Waals surface area contributed by atoms with Gasteiger partial charge in [-0.25, -0.2) is 0 Å². The zero-order chi connectivity index (χ0) is 14.1. The van der Waals surface area contributed by atoms with Crippen molar-refractivity contribution in [3.05, 3.63) is 57.0 Å². The number of hydrogen-bond acceptors (Lipinski definition) is 4. The van der Waals surface area contributed by atoms with E-state index in [-0.39, 0.29) is 17.0 Å². The number of rotatable bonds is 2. The summed E-state index contributed by atoms with van der Waals surface area (Å²) in [5.74, 6) is 0.128. The summed E-state index contributed by atoms with van der Waals surface area (Å²) < 4.78 is 0. The van der Waals surface area contributed by atoms with E-state index in [2.05, 4.69) is 9.97 Å². The van der Waals surface area contributed by atoms with Crippen molar-refractivity contribution in [1.82, 2.24) is 9.97 Å². The topological polar surface area (TPSA) is 66.0 Å². The maximum atomic E-state index is 12.2. The average Bonchev–Trinajstić information content (AvgIpc) is 2.94. The van der Waals surface area contributed by atoms with Crippen LogP contribution < -0.4 is 5.56 Å². The van der Waals surface area contributed by atoms with Crippen LogP contribution in [-0.4, -0.2) is 15.1 Å². The maximum absolute atomic E-state index is 12.2. The van der Waals surface area contributed by atoms with Crippen LogP contribution in [0, 0.1) is 6.92 Å². The number of nitrogens with one attached hydrogen (secondary N) is 1. The van der Waals surface area contributed by atoms with Crippen molar-refractivity contribution in [3.63, 3.8) is 0 Å². The van der Waals surface area contributed by atoms with Crippen LogP contribution in [0.5, 0.6) is 5.88 Å². The highest BCUT2D eigenvalue weighted by Gasteiger charge is 2.13. The highest BCUT2D eigenvalue weighted by Crippen LogP contribution is 2.26. The summed E-state index contributed by atoms with van der Waals surface area (Å²) in [6, 6.07) is 9.22. The Hall–Kier alpha value is -2.40. The molecule has 3 rings (SSSR count). The Kier molecular flexibility index (Phi) is 3.12. The van der Waals surface area contributed by atoms with Crippen molar-refractivity contribution < 1.29 is 5.11 Å². The second kappa shape index (κ2) is 4.94. The minimum atomic E-state index is -0.345. The molecule has 0 aliphatic rings. The predicted molar refractivity (Wildman–Crippen MR) is 80.0 cm³/mol. The second-order valence-electron chi connectivity index (χ2n) is 4.49. The lowest BCUT2D eigenvalue weighted by molar-refractivity contribution is 0.454. The van der Waals surface area contributed by atoms with E-state index in [0.717, 1.165) is 11.1 Å². The molecule has 3 aromatic rings. The molecule has 5 heteroatoms. The van der Waals surface area contributed by atoms with E-state index in [4.69, 9.17) is 0 Å². The molecule has 0 spiro atoms. The van der Waals surface area contributed by atoms with Gasteiger partial charge in [0.2, 0.25) is 5.88 Å². The summed E-state index contributed by atoms with van der Waals surface area (Å²) in [6.07, 6.45) is 0. The number of nitrogens with zero attached hydrogens (tertiary/aromatic N) is 1. The van der Waals surface area contributed by atoms with E-state index in [1.54, 1.807) is 12.1 Å². The Bertz CT molecular complexity index is 790. The Morgan fingerprint density at radius 3 is 2.50 bits per heavy atom. The quantitative estimate of drug-likeness (QED) is 0.759. The number of benzene rings is 1. The summed E-state index contributed by atoms with van der Waals surface area (Å²) in [5.41, 5.74) is 2.38. The molecule has 0 aliphatic carbocycles. The number of hydrogen-bond donors (Lipinski definition) is 2. The number of aromatic nitrogens is 2. The molecule has 0 unspecified atom stereocenters. The molecule has 0 aliphatic heterocycles. The number of aromatic hydroxyl groups is 1. The van der Waals surface area contributed by atoms with Gasteiger partial charge in [0.15, 0.2) is 0 Å². The Labute approximate surface area is 119 Å². The first kappa shape index (κ1) is 12.6. The van der Waals surface area contributed by atoms with E-state index < -0.39 is 0 Å². The molecule has 0 bridgehead atoms. The third kappa shape index (κ3) is 2.23. The summed E-state index contributed by atoms with van der Waals surface area (Å²) >= 11 is 1.50. The van der Waals surface area contributed by atoms with Gasteiger partial charge in [0.05, 0.1) is 0 Å². The summed E-state index contributed by atoms with van der Waals surface area (Å²) in [5, 5.41) is 13.8. The molecule has 2 aromatic heterocycles. The van der Waals surface area contributed by atoms with Gasteiger partial charge in [0, 0.05) is 10.9 Å². The normalized spacial score (nSPS) is 10.7. The van der Waals surface area contributed by atoms with Crippen molar-refractivity contribution in [2.45, 2.75) is 6.92 Å². The van der Waals surface area contributed by atoms with Crippen molar-refractivity contribution >= 4 is 11.3 Å². The van der Waals surface area contributed by atoms with Crippen molar-refractivity contribution in [3.8, 4) is 28.4 Å². The lowest BCUT2D eigenvalue weighted by Crippen LogP contribution is -2.11. The molecular weight excluding hydrogens is 272 g/mol. The monoisotopic (exact) mass is 284 g/mol. The third-order valence-corrected chi connectivity index (χ3v) is 3.72. The SMILES string of the molecule is Cc1ccc(-c2c(O)nc(-c3ccsc3)[nH]c2=O)cc1. The number of H-pyrrole nitrogens is 1. The van der Waals surface area contributed by atoms with Crippen LogP contribution in [0.25, 0.3) is 22.5 Å². The fraction of sp³-hybridized carbons (Fsp3) is 0.0667. The fourth-order valence-electron chi connectivity index (χ4n) is 1.98. The highest BCUT2D eigenvalue weighted by atomic mass is 32.1. The summed E-state index contributed by atoms with van der Waals surface area (Å²) in [4.78, 5) is 19.0. The van der Waals surface area contributed by atoms with E-state index in [1.807, 2.05) is 35.9 Å². The van der Waals surface area contributed by atoms with Crippen LogP contribution in [0.15, 0.2) is 45.9 Å². The standard InChI is InChI=1S/C15H12N2O2S/c1-9-2-4-10(5-3-9)12-14(18)16-13(17-15(12)19)11-6-7-20-8-11/h2-8H,1H3,(H2,16,17,18,19). The van der Waals surface area contributed by atoms with Crippen LogP contribution in [0.3, 0.4) is 0 Å². The number of thiophene rings is 1. The molecule has 0 amide bonds. The van der Waals surface area contributed by atoms with Gasteiger partial charge in [0.1, 0.15) is 11.4 Å². The van der Waals surface area contributed by atoms with Crippen LogP contribution in [0.1, 0.15) is 5.56 Å². The van der Waals surface area contributed by atoms with Gasteiger partial charge >= 0.3 is 0 Å². The molecule has 0 saturated heterocycles. The maximum Gasteiger partial charge on any atom is 0.262 e. The predicted octanol–water partition coefficient (Wildman–Crippen LogP) is 3.18. The van der Waals surface area contributed by atoms with Crippen LogP contribution >= 0.6 is 11.3 Å². The Balaban J connectivity index is 2.14. The van der Waals surface area contributed by atoms with Gasteiger partial charge in [-0.15, -0.1) is 0 Å². The molecule has 100 valence electrons. The van der Waals surface area contributed by atoms with E-state index >= 15 is 0 Å². The minimum Gasteiger partial charge on any atom is -0.493 e. The van der Waals surface area contributed by atoms with Crippen molar-refractivity contribution in [2.24, 2.45) is 0 Å².